The lowest BCUT2D eigenvalue weighted by Gasteiger charge is -2.27. The summed E-state index contributed by atoms with van der Waals surface area (Å²) >= 11 is 0. The molecule has 0 aliphatic carbocycles. The van der Waals surface area contributed by atoms with Crippen molar-refractivity contribution < 1.29 is 14.4 Å². The zero-order chi connectivity index (χ0) is 14.8. The summed E-state index contributed by atoms with van der Waals surface area (Å²) < 4.78 is 5.19. The third kappa shape index (κ3) is 2.71. The van der Waals surface area contributed by atoms with Crippen LogP contribution in [0.1, 0.15) is 26.7 Å². The van der Waals surface area contributed by atoms with Gasteiger partial charge in [0, 0.05) is 12.0 Å². The molecule has 1 aromatic heterocycles. The van der Waals surface area contributed by atoms with Crippen LogP contribution in [0.15, 0.2) is 34.9 Å². The molecule has 1 N–H and O–H groups in total. The van der Waals surface area contributed by atoms with E-state index in [0.29, 0.717) is 11.7 Å². The highest BCUT2D eigenvalue weighted by Gasteiger charge is 2.38. The Morgan fingerprint density at radius 3 is 2.55 bits per heavy atom. The molecule has 1 unspecified atom stereocenters. The summed E-state index contributed by atoms with van der Waals surface area (Å²) in [6, 6.07) is 9.45. The van der Waals surface area contributed by atoms with Crippen LogP contribution in [-0.2, 0) is 11.2 Å². The van der Waals surface area contributed by atoms with Crippen LogP contribution in [0, 0.1) is 11.3 Å². The molecule has 0 aliphatic heterocycles. The van der Waals surface area contributed by atoms with E-state index in [1.165, 1.54) is 0 Å². The molecule has 2 aromatic rings. The molecule has 5 heteroatoms. The summed E-state index contributed by atoms with van der Waals surface area (Å²) in [5, 5.41) is 13.3. The maximum atomic E-state index is 11.5. The first-order valence-corrected chi connectivity index (χ1v) is 6.55. The van der Waals surface area contributed by atoms with Gasteiger partial charge in [-0.25, -0.2) is 0 Å². The Hall–Kier alpha value is -2.17. The van der Waals surface area contributed by atoms with Crippen molar-refractivity contribution in [1.82, 2.24) is 10.1 Å². The number of hydrogen-bond acceptors (Lipinski definition) is 4. The van der Waals surface area contributed by atoms with E-state index < -0.39 is 11.4 Å². The monoisotopic (exact) mass is 274 g/mol. The minimum absolute atomic E-state index is 0.0351. The second kappa shape index (κ2) is 5.45. The predicted molar refractivity (Wildman–Crippen MR) is 74.0 cm³/mol. The Kier molecular flexibility index (Phi) is 3.88. The van der Waals surface area contributed by atoms with E-state index in [0.717, 1.165) is 5.56 Å². The fourth-order valence-corrected chi connectivity index (χ4v) is 1.87. The zero-order valence-electron chi connectivity index (χ0n) is 11.8. The average molecular weight is 274 g/mol. The average Bonchev–Trinajstić information content (AvgIpc) is 2.87. The number of carbonyl (C=O) groups is 1. The lowest BCUT2D eigenvalue weighted by Crippen LogP contribution is -2.35. The van der Waals surface area contributed by atoms with Crippen LogP contribution in [0.25, 0.3) is 11.4 Å². The van der Waals surface area contributed by atoms with Gasteiger partial charge in [-0.05, 0) is 12.8 Å². The molecule has 0 spiro atoms. The first kappa shape index (κ1) is 14.2. The van der Waals surface area contributed by atoms with Crippen molar-refractivity contribution in [3.8, 4) is 11.4 Å². The molecule has 0 fully saturated rings. The van der Waals surface area contributed by atoms with Crippen LogP contribution in [0.3, 0.4) is 0 Å². The Morgan fingerprint density at radius 1 is 1.35 bits per heavy atom. The molecule has 0 amide bonds. The minimum atomic E-state index is -0.916. The highest BCUT2D eigenvalue weighted by Crippen LogP contribution is 2.31. The van der Waals surface area contributed by atoms with E-state index in [1.807, 2.05) is 44.2 Å². The Bertz CT molecular complexity index is 592. The molecule has 1 atom stereocenters. The van der Waals surface area contributed by atoms with Crippen molar-refractivity contribution in [1.29, 1.82) is 0 Å². The molecular weight excluding hydrogens is 256 g/mol. The molecule has 1 heterocycles. The van der Waals surface area contributed by atoms with Gasteiger partial charge in [-0.15, -0.1) is 0 Å². The molecule has 2 rings (SSSR count). The molecule has 0 radical (unpaired) electrons. The van der Waals surface area contributed by atoms with Gasteiger partial charge in [0.05, 0.1) is 5.41 Å². The largest absolute Gasteiger partial charge is 0.481 e. The zero-order valence-corrected chi connectivity index (χ0v) is 11.8. The van der Waals surface area contributed by atoms with Crippen LogP contribution < -0.4 is 0 Å². The first-order valence-electron chi connectivity index (χ1n) is 6.55. The number of benzene rings is 1. The van der Waals surface area contributed by atoms with Crippen LogP contribution in [0.2, 0.25) is 0 Å². The van der Waals surface area contributed by atoms with Gasteiger partial charge in [0.2, 0.25) is 11.7 Å². The quantitative estimate of drug-likeness (QED) is 0.906. The number of carboxylic acids is 1. The lowest BCUT2D eigenvalue weighted by atomic mass is 9.76. The number of carboxylic acid groups (broad SMARTS) is 1. The Morgan fingerprint density at radius 2 is 2.00 bits per heavy atom. The number of rotatable bonds is 5. The Labute approximate surface area is 117 Å². The second-order valence-electron chi connectivity index (χ2n) is 5.43. The van der Waals surface area contributed by atoms with Gasteiger partial charge < -0.3 is 9.63 Å². The normalized spacial score (nSPS) is 14.2. The van der Waals surface area contributed by atoms with Crippen molar-refractivity contribution in [2.75, 3.05) is 0 Å². The summed E-state index contributed by atoms with van der Waals surface area (Å²) in [7, 11) is 0. The summed E-state index contributed by atoms with van der Waals surface area (Å²) in [5.41, 5.74) is -0.0652. The van der Waals surface area contributed by atoms with Crippen molar-refractivity contribution >= 4 is 5.97 Å². The van der Waals surface area contributed by atoms with Crippen molar-refractivity contribution in [3.63, 3.8) is 0 Å². The van der Waals surface area contributed by atoms with Crippen LogP contribution in [0.5, 0.6) is 0 Å². The lowest BCUT2D eigenvalue weighted by molar-refractivity contribution is -0.150. The second-order valence-corrected chi connectivity index (χ2v) is 5.43. The third-order valence-corrected chi connectivity index (χ3v) is 3.78. The van der Waals surface area contributed by atoms with E-state index >= 15 is 0 Å². The van der Waals surface area contributed by atoms with Gasteiger partial charge in [-0.2, -0.15) is 4.98 Å². The van der Waals surface area contributed by atoms with E-state index in [4.69, 9.17) is 4.52 Å². The molecule has 0 saturated heterocycles. The van der Waals surface area contributed by atoms with Gasteiger partial charge in [0.25, 0.3) is 0 Å². The van der Waals surface area contributed by atoms with Gasteiger partial charge in [0.1, 0.15) is 0 Å². The number of aromatic nitrogens is 2. The fourth-order valence-electron chi connectivity index (χ4n) is 1.87. The summed E-state index contributed by atoms with van der Waals surface area (Å²) in [5.74, 6) is -0.0569. The smallest absolute Gasteiger partial charge is 0.310 e. The molecule has 20 heavy (non-hydrogen) atoms. The van der Waals surface area contributed by atoms with Crippen LogP contribution >= 0.6 is 0 Å². The number of hydrogen-bond donors (Lipinski definition) is 1. The SMILES string of the molecule is CC(C)C(C)(Cc1nc(-c2ccccc2)no1)C(=O)O. The molecule has 5 nitrogen and oxygen atoms in total. The number of nitrogens with zero attached hydrogens (tertiary/aromatic N) is 2. The summed E-state index contributed by atoms with van der Waals surface area (Å²) in [4.78, 5) is 15.7. The van der Waals surface area contributed by atoms with Gasteiger partial charge in [-0.3, -0.25) is 4.79 Å². The topological polar surface area (TPSA) is 76.2 Å². The first-order chi connectivity index (χ1) is 9.43. The van der Waals surface area contributed by atoms with E-state index in [9.17, 15) is 9.90 Å². The van der Waals surface area contributed by atoms with Gasteiger partial charge in [0.15, 0.2) is 0 Å². The molecule has 0 aliphatic rings. The maximum Gasteiger partial charge on any atom is 0.310 e. The van der Waals surface area contributed by atoms with E-state index in [2.05, 4.69) is 10.1 Å². The van der Waals surface area contributed by atoms with Crippen molar-refractivity contribution in [2.24, 2.45) is 11.3 Å². The highest BCUT2D eigenvalue weighted by atomic mass is 16.5. The highest BCUT2D eigenvalue weighted by molar-refractivity contribution is 5.74. The molecular formula is C15H18N2O3. The fraction of sp³-hybridized carbons (Fsp3) is 0.400. The summed E-state index contributed by atoms with van der Waals surface area (Å²) in [6.45, 7) is 5.46. The van der Waals surface area contributed by atoms with Crippen LogP contribution in [-0.4, -0.2) is 21.2 Å². The van der Waals surface area contributed by atoms with E-state index in [1.54, 1.807) is 6.92 Å². The standard InChI is InChI=1S/C15H18N2O3/c1-10(2)15(3,14(18)19)9-12-16-13(17-20-12)11-7-5-4-6-8-11/h4-8,10H,9H2,1-3H3,(H,18,19). The van der Waals surface area contributed by atoms with Crippen LogP contribution in [0.4, 0.5) is 0 Å². The molecule has 1 aromatic carbocycles. The molecule has 106 valence electrons. The van der Waals surface area contributed by atoms with E-state index in [-0.39, 0.29) is 12.3 Å². The predicted octanol–water partition coefficient (Wildman–Crippen LogP) is 3.03. The van der Waals surface area contributed by atoms with Gasteiger partial charge >= 0.3 is 5.97 Å². The third-order valence-electron chi connectivity index (χ3n) is 3.78. The van der Waals surface area contributed by atoms with Gasteiger partial charge in [-0.1, -0.05) is 49.3 Å². The minimum Gasteiger partial charge on any atom is -0.481 e. The number of aliphatic carboxylic acids is 1. The maximum absolute atomic E-state index is 11.5. The van der Waals surface area contributed by atoms with Crippen molar-refractivity contribution in [2.45, 2.75) is 27.2 Å². The Balaban J connectivity index is 2.24. The molecule has 0 saturated carbocycles. The molecule has 0 bridgehead atoms. The summed E-state index contributed by atoms with van der Waals surface area (Å²) in [6.07, 6.45) is 0.222. The van der Waals surface area contributed by atoms with Crippen molar-refractivity contribution in [3.05, 3.63) is 36.2 Å².